The molecule has 6 rings (SSSR count). The third-order valence-electron chi connectivity index (χ3n) is 8.00. The van der Waals surface area contributed by atoms with Crippen LogP contribution in [0.25, 0.3) is 23.1 Å². The van der Waals surface area contributed by atoms with Crippen molar-refractivity contribution in [1.82, 2.24) is 0 Å². The van der Waals surface area contributed by atoms with Crippen molar-refractivity contribution in [1.29, 1.82) is 0 Å². The van der Waals surface area contributed by atoms with E-state index in [2.05, 4.69) is 121 Å². The molecule has 0 atom stereocenters. The number of allylic oxidation sites excluding steroid dienone is 6. The summed E-state index contributed by atoms with van der Waals surface area (Å²) in [7, 11) is 0.649. The topological polar surface area (TPSA) is 87.5 Å². The van der Waals surface area contributed by atoms with Crippen LogP contribution in [-0.2, 0) is 17.1 Å². The number of likely N-dealkylation sites (N-methyl/N-ethyl adjacent to an activating group) is 1. The number of fused-ring (bicyclic) bond motifs is 2. The lowest BCUT2D eigenvalue weighted by molar-refractivity contribution is -0.646. The van der Waals surface area contributed by atoms with E-state index in [1.165, 1.54) is 34.3 Å². The predicted octanol–water partition coefficient (Wildman–Crippen LogP) is 7.29. The molecule has 1 aromatic heterocycles. The number of sulfonamides is 1. The molecule has 3 N–H and O–H groups in total. The zero-order valence-electron chi connectivity index (χ0n) is 25.3. The Morgan fingerprint density at radius 2 is 1.59 bits per heavy atom. The summed E-state index contributed by atoms with van der Waals surface area (Å²) in [5.74, 6) is 0.417. The van der Waals surface area contributed by atoms with E-state index in [4.69, 9.17) is 5.14 Å². The highest BCUT2D eigenvalue weighted by atomic mass is 32.2. The standard InChI is InChI=1S/C30H28N2O.C7H9NO2S/c1-31-26(18-14-22-8-3-5-12-28(22)31)20-16-24-10-7-11-25(30(24)33)17-21-27-19-15-23-9-4-6-13-29(23)32(27)2;1-6-2-4-7(5-3-6)11(8,9)10/h3-6,8-9,12-21H,7,10-11H2,1-2H3;2-5H,1H3,(H2,8,9,10)/p+1/b24-16+,26-20+;. The van der Waals surface area contributed by atoms with Gasteiger partial charge in [0, 0.05) is 42.0 Å². The average molecular weight is 605 g/mol. The van der Waals surface area contributed by atoms with E-state index in [1.807, 2.05) is 6.92 Å². The Morgan fingerprint density at radius 1 is 0.864 bits per heavy atom. The van der Waals surface area contributed by atoms with Crippen LogP contribution < -0.4 is 14.6 Å². The molecule has 3 aromatic carbocycles. The fraction of sp³-hybridized carbons (Fsp3) is 0.162. The molecule has 0 amide bonds. The summed E-state index contributed by atoms with van der Waals surface area (Å²) in [5, 5.41) is 17.1. The SMILES string of the molecule is CN1/C(=C/C=C2\CCCC(/C=C/c3ccc4ccccc4[n+]3C)=C2O)C=Cc2ccccc21.Cc1ccc(S(N)(=O)=O)cc1. The van der Waals surface area contributed by atoms with Crippen LogP contribution in [0.1, 0.15) is 36.1 Å². The van der Waals surface area contributed by atoms with Crippen LogP contribution in [-0.4, -0.2) is 20.6 Å². The van der Waals surface area contributed by atoms with Crippen molar-refractivity contribution in [3.8, 4) is 0 Å². The molecule has 0 unspecified atom stereocenters. The summed E-state index contributed by atoms with van der Waals surface area (Å²) >= 11 is 0. The van der Waals surface area contributed by atoms with Gasteiger partial charge in [0.1, 0.15) is 12.8 Å². The number of nitrogens with zero attached hydrogens (tertiary/aromatic N) is 2. The first-order chi connectivity index (χ1) is 21.1. The van der Waals surface area contributed by atoms with Crippen LogP contribution in [0.15, 0.2) is 137 Å². The molecule has 7 heteroatoms. The molecule has 4 aromatic rings. The van der Waals surface area contributed by atoms with Gasteiger partial charge in [0.25, 0.3) is 0 Å². The van der Waals surface area contributed by atoms with Crippen molar-refractivity contribution < 1.29 is 18.1 Å². The van der Waals surface area contributed by atoms with Crippen LogP contribution in [0.3, 0.4) is 0 Å². The van der Waals surface area contributed by atoms with Gasteiger partial charge in [0.15, 0.2) is 0 Å². The van der Waals surface area contributed by atoms with E-state index in [-0.39, 0.29) is 4.90 Å². The highest BCUT2D eigenvalue weighted by Crippen LogP contribution is 2.32. The summed E-state index contributed by atoms with van der Waals surface area (Å²) < 4.78 is 23.6. The van der Waals surface area contributed by atoms with Gasteiger partial charge in [0.05, 0.1) is 4.90 Å². The van der Waals surface area contributed by atoms with Gasteiger partial charge in [-0.05, 0) is 91.5 Å². The number of hydrogen-bond acceptors (Lipinski definition) is 4. The minimum absolute atomic E-state index is 0.156. The van der Waals surface area contributed by atoms with Gasteiger partial charge < -0.3 is 10.0 Å². The molecule has 0 radical (unpaired) electrons. The lowest BCUT2D eigenvalue weighted by Crippen LogP contribution is -2.32. The molecule has 0 saturated heterocycles. The first-order valence-electron chi connectivity index (χ1n) is 14.6. The van der Waals surface area contributed by atoms with Gasteiger partial charge >= 0.3 is 0 Å². The largest absolute Gasteiger partial charge is 0.507 e. The molecular formula is C37H38N3O3S+. The maximum atomic E-state index is 11.0. The highest BCUT2D eigenvalue weighted by molar-refractivity contribution is 7.89. The monoisotopic (exact) mass is 604 g/mol. The lowest BCUT2D eigenvalue weighted by atomic mass is 9.92. The molecule has 0 spiro atoms. The molecular weight excluding hydrogens is 566 g/mol. The fourth-order valence-corrected chi connectivity index (χ4v) is 5.91. The van der Waals surface area contributed by atoms with E-state index in [0.717, 1.165) is 47.4 Å². The molecule has 44 heavy (non-hydrogen) atoms. The van der Waals surface area contributed by atoms with Crippen LogP contribution in [0.5, 0.6) is 0 Å². The fourth-order valence-electron chi connectivity index (χ4n) is 5.39. The smallest absolute Gasteiger partial charge is 0.238 e. The van der Waals surface area contributed by atoms with Crippen molar-refractivity contribution in [2.45, 2.75) is 31.1 Å². The summed E-state index contributed by atoms with van der Waals surface area (Å²) in [6.07, 6.45) is 15.4. The number of aryl methyl sites for hydroxylation is 2. The van der Waals surface area contributed by atoms with Crippen LogP contribution >= 0.6 is 0 Å². The van der Waals surface area contributed by atoms with E-state index < -0.39 is 10.0 Å². The maximum Gasteiger partial charge on any atom is 0.238 e. The minimum Gasteiger partial charge on any atom is -0.507 e. The Bertz CT molecular complexity index is 1950. The zero-order valence-corrected chi connectivity index (χ0v) is 26.1. The molecule has 0 fully saturated rings. The number of nitrogens with two attached hydrogens (primary N) is 1. The number of benzene rings is 3. The van der Waals surface area contributed by atoms with E-state index in [0.29, 0.717) is 5.76 Å². The van der Waals surface area contributed by atoms with Gasteiger partial charge in [-0.3, -0.25) is 0 Å². The van der Waals surface area contributed by atoms with Gasteiger partial charge in [-0.1, -0.05) is 60.2 Å². The van der Waals surface area contributed by atoms with Crippen molar-refractivity contribution in [3.63, 3.8) is 0 Å². The average Bonchev–Trinajstić information content (AvgIpc) is 3.02. The Labute approximate surface area is 260 Å². The number of anilines is 1. The molecule has 0 bridgehead atoms. The number of pyridine rings is 1. The first-order valence-corrected chi connectivity index (χ1v) is 16.2. The normalized spacial score (nSPS) is 16.9. The Hall–Kier alpha value is -4.72. The van der Waals surface area contributed by atoms with Gasteiger partial charge in [-0.2, -0.15) is 4.57 Å². The summed E-state index contributed by atoms with van der Waals surface area (Å²) in [6.45, 7) is 1.88. The number of aromatic nitrogens is 1. The third kappa shape index (κ3) is 7.08. The predicted molar refractivity (Wildman–Crippen MR) is 180 cm³/mol. The van der Waals surface area contributed by atoms with Crippen LogP contribution in [0.4, 0.5) is 5.69 Å². The lowest BCUT2D eigenvalue weighted by Gasteiger charge is -2.26. The number of aliphatic hydroxyl groups is 1. The number of hydrogen-bond donors (Lipinski definition) is 2. The molecule has 0 saturated carbocycles. The van der Waals surface area contributed by atoms with Crippen molar-refractivity contribution >= 4 is 38.8 Å². The summed E-state index contributed by atoms with van der Waals surface area (Å²) in [6, 6.07) is 27.4. The second-order valence-electron chi connectivity index (χ2n) is 11.0. The zero-order chi connectivity index (χ0) is 31.3. The Morgan fingerprint density at radius 3 is 2.36 bits per heavy atom. The molecule has 224 valence electrons. The first kappa shape index (κ1) is 30.7. The Kier molecular flexibility index (Phi) is 9.28. The second-order valence-corrected chi connectivity index (χ2v) is 12.6. The number of para-hydroxylation sites is 2. The molecule has 1 aliphatic heterocycles. The minimum atomic E-state index is -3.52. The van der Waals surface area contributed by atoms with Crippen LogP contribution in [0, 0.1) is 6.92 Å². The third-order valence-corrected chi connectivity index (χ3v) is 8.93. The molecule has 2 aliphatic rings. The summed E-state index contributed by atoms with van der Waals surface area (Å²) in [5.41, 5.74) is 8.84. The quantitative estimate of drug-likeness (QED) is 0.240. The van der Waals surface area contributed by atoms with Crippen molar-refractivity contribution in [2.75, 3.05) is 11.9 Å². The number of rotatable bonds is 4. The van der Waals surface area contributed by atoms with Gasteiger partial charge in [-0.15, -0.1) is 0 Å². The van der Waals surface area contributed by atoms with E-state index in [9.17, 15) is 13.5 Å². The van der Waals surface area contributed by atoms with E-state index in [1.54, 1.807) is 12.1 Å². The molecule has 1 aliphatic carbocycles. The van der Waals surface area contributed by atoms with Crippen molar-refractivity contribution in [3.05, 3.63) is 149 Å². The van der Waals surface area contributed by atoms with Crippen molar-refractivity contribution in [2.24, 2.45) is 12.2 Å². The molecule has 2 heterocycles. The Balaban J connectivity index is 0.000000296. The number of aliphatic hydroxyl groups excluding tert-OH is 1. The second kappa shape index (κ2) is 13.3. The highest BCUT2D eigenvalue weighted by Gasteiger charge is 2.17. The number of primary sulfonamides is 1. The van der Waals surface area contributed by atoms with Gasteiger partial charge in [0.2, 0.25) is 21.2 Å². The van der Waals surface area contributed by atoms with Crippen LogP contribution in [0.2, 0.25) is 0 Å². The molecule has 6 nitrogen and oxygen atoms in total. The maximum absolute atomic E-state index is 11.0. The summed E-state index contributed by atoms with van der Waals surface area (Å²) in [4.78, 5) is 2.35. The van der Waals surface area contributed by atoms with Gasteiger partial charge in [-0.25, -0.2) is 13.6 Å². The van der Waals surface area contributed by atoms with E-state index >= 15 is 0 Å².